The zero-order valence-corrected chi connectivity index (χ0v) is 19.0. The smallest absolute Gasteiger partial charge is 0.214 e. The largest absolute Gasteiger partial charge is 0.496 e. The molecule has 0 aliphatic carbocycles. The van der Waals surface area contributed by atoms with Crippen molar-refractivity contribution in [2.24, 2.45) is 0 Å². The number of aromatic nitrogens is 3. The second-order valence-corrected chi connectivity index (χ2v) is 8.74. The number of para-hydroxylation sites is 2. The minimum Gasteiger partial charge on any atom is -0.496 e. The van der Waals surface area contributed by atoms with E-state index < -0.39 is 0 Å². The van der Waals surface area contributed by atoms with Crippen LogP contribution in [0, 0.1) is 4.77 Å². The van der Waals surface area contributed by atoms with E-state index in [1.807, 2.05) is 59.2 Å². The Bertz CT molecular complexity index is 1550. The minimum atomic E-state index is -0.234. The molecule has 0 radical (unpaired) electrons. The summed E-state index contributed by atoms with van der Waals surface area (Å²) in [6.07, 6.45) is 0.599. The fourth-order valence-corrected chi connectivity index (χ4v) is 5.43. The maximum atomic E-state index is 11.4. The molecule has 6 heteroatoms. The number of ether oxygens (including phenoxy) is 1. The van der Waals surface area contributed by atoms with Gasteiger partial charge in [-0.25, -0.2) is 0 Å². The second kappa shape index (κ2) is 7.67. The molecule has 0 amide bonds. The highest BCUT2D eigenvalue weighted by atomic mass is 32.1. The highest BCUT2D eigenvalue weighted by Crippen LogP contribution is 2.44. The van der Waals surface area contributed by atoms with Gasteiger partial charge in [-0.2, -0.15) is 0 Å². The van der Waals surface area contributed by atoms with E-state index in [9.17, 15) is 5.11 Å². The molecule has 0 fully saturated rings. The van der Waals surface area contributed by atoms with Crippen LogP contribution in [0.3, 0.4) is 0 Å². The van der Waals surface area contributed by atoms with Crippen molar-refractivity contribution in [2.45, 2.75) is 19.0 Å². The summed E-state index contributed by atoms with van der Waals surface area (Å²) in [6.45, 7) is 0.513. The molecular weight excluding hydrogens is 430 g/mol. The third-order valence-electron chi connectivity index (χ3n) is 6.58. The Kier molecular flexibility index (Phi) is 4.62. The van der Waals surface area contributed by atoms with Crippen LogP contribution in [0.1, 0.15) is 34.1 Å². The zero-order chi connectivity index (χ0) is 22.5. The number of aromatic amines is 1. The number of aromatic hydroxyl groups is 1. The van der Waals surface area contributed by atoms with Crippen molar-refractivity contribution in [3.8, 4) is 11.6 Å². The number of H-pyrrole nitrogens is 1. The molecule has 1 aliphatic rings. The number of fused-ring (bicyclic) bond motifs is 4. The summed E-state index contributed by atoms with van der Waals surface area (Å²) in [5.74, 6) is 1.01. The molecule has 0 saturated carbocycles. The van der Waals surface area contributed by atoms with Crippen molar-refractivity contribution >= 4 is 23.1 Å². The minimum absolute atomic E-state index is 0.222. The van der Waals surface area contributed by atoms with Gasteiger partial charge in [0.1, 0.15) is 11.8 Å². The third kappa shape index (κ3) is 3.02. The third-order valence-corrected chi connectivity index (χ3v) is 7.00. The molecule has 1 atom stereocenters. The first-order valence-corrected chi connectivity index (χ1v) is 11.4. The van der Waals surface area contributed by atoms with Crippen LogP contribution in [-0.2, 0) is 13.0 Å². The Balaban J connectivity index is 1.62. The second-order valence-electron chi connectivity index (χ2n) is 8.38. The number of benzene rings is 3. The van der Waals surface area contributed by atoms with E-state index in [0.29, 0.717) is 17.7 Å². The van der Waals surface area contributed by atoms with Crippen LogP contribution < -0.4 is 4.74 Å². The predicted octanol–water partition coefficient (Wildman–Crippen LogP) is 5.80. The van der Waals surface area contributed by atoms with Crippen molar-refractivity contribution in [1.82, 2.24) is 14.1 Å². The number of nitrogens with one attached hydrogen (secondary N) is 1. The molecule has 0 spiro atoms. The SMILES string of the molecule is COc1ccccc1C1c2[nH]c3ccccc3c2Cc2c(O)n(Cc3ccccc3)c(=S)n21. The van der Waals surface area contributed by atoms with Crippen LogP contribution >= 0.6 is 12.2 Å². The van der Waals surface area contributed by atoms with Crippen LogP contribution in [0.2, 0.25) is 0 Å². The van der Waals surface area contributed by atoms with Gasteiger partial charge in [0, 0.05) is 28.6 Å². The Labute approximate surface area is 196 Å². The van der Waals surface area contributed by atoms with Gasteiger partial charge in [-0.1, -0.05) is 66.7 Å². The van der Waals surface area contributed by atoms with Crippen LogP contribution in [-0.4, -0.2) is 26.3 Å². The van der Waals surface area contributed by atoms with Crippen molar-refractivity contribution in [3.05, 3.63) is 112 Å². The molecule has 0 saturated heterocycles. The Morgan fingerprint density at radius 3 is 2.55 bits per heavy atom. The average molecular weight is 454 g/mol. The molecular formula is C27H23N3O2S. The molecule has 5 nitrogen and oxygen atoms in total. The number of hydrogen-bond donors (Lipinski definition) is 2. The van der Waals surface area contributed by atoms with Crippen LogP contribution in [0.4, 0.5) is 0 Å². The number of imidazole rings is 1. The molecule has 164 valence electrons. The van der Waals surface area contributed by atoms with Crippen LogP contribution in [0.25, 0.3) is 10.9 Å². The fraction of sp³-hybridized carbons (Fsp3) is 0.148. The zero-order valence-electron chi connectivity index (χ0n) is 18.2. The highest BCUT2D eigenvalue weighted by molar-refractivity contribution is 7.71. The molecule has 5 aromatic rings. The molecule has 1 unspecified atom stereocenters. The lowest BCUT2D eigenvalue weighted by atomic mass is 9.92. The number of nitrogens with zero attached hydrogens (tertiary/aromatic N) is 2. The lowest BCUT2D eigenvalue weighted by Crippen LogP contribution is -2.22. The molecule has 2 aromatic heterocycles. The van der Waals surface area contributed by atoms with E-state index in [-0.39, 0.29) is 11.9 Å². The van der Waals surface area contributed by atoms with Gasteiger partial charge in [0.2, 0.25) is 5.88 Å². The molecule has 2 N–H and O–H groups in total. The van der Waals surface area contributed by atoms with Gasteiger partial charge in [-0.3, -0.25) is 4.57 Å². The van der Waals surface area contributed by atoms with E-state index in [1.165, 1.54) is 10.9 Å². The van der Waals surface area contributed by atoms with Crippen molar-refractivity contribution in [1.29, 1.82) is 0 Å². The average Bonchev–Trinajstić information content (AvgIpc) is 3.34. The summed E-state index contributed by atoms with van der Waals surface area (Å²) in [5.41, 5.74) is 6.26. The maximum Gasteiger partial charge on any atom is 0.214 e. The standard InChI is InChI=1S/C27H23N3O2S/c1-32-23-14-8-6-12-19(23)25-24-20(18-11-5-7-13-21(18)28-24)15-22-26(31)29(27(33)30(22)25)16-17-9-3-2-4-10-17/h2-14,25,28,31H,15-16H2,1H3. The van der Waals surface area contributed by atoms with Gasteiger partial charge in [0.25, 0.3) is 0 Å². The first kappa shape index (κ1) is 19.9. The molecule has 3 aromatic carbocycles. The lowest BCUT2D eigenvalue weighted by molar-refractivity contribution is 0.402. The summed E-state index contributed by atoms with van der Waals surface area (Å²) in [4.78, 5) is 3.65. The lowest BCUT2D eigenvalue weighted by Gasteiger charge is -2.27. The topological polar surface area (TPSA) is 55.1 Å². The summed E-state index contributed by atoms with van der Waals surface area (Å²) in [6, 6.07) is 26.2. The molecule has 3 heterocycles. The highest BCUT2D eigenvalue weighted by Gasteiger charge is 2.35. The number of hydrogen-bond acceptors (Lipinski definition) is 3. The van der Waals surface area contributed by atoms with Gasteiger partial charge in [0.15, 0.2) is 4.77 Å². The molecule has 33 heavy (non-hydrogen) atoms. The first-order valence-electron chi connectivity index (χ1n) is 11.0. The van der Waals surface area contributed by atoms with Gasteiger partial charge in [-0.15, -0.1) is 0 Å². The van der Waals surface area contributed by atoms with E-state index in [4.69, 9.17) is 17.0 Å². The van der Waals surface area contributed by atoms with E-state index >= 15 is 0 Å². The molecule has 0 bridgehead atoms. The van der Waals surface area contributed by atoms with Crippen LogP contribution in [0.15, 0.2) is 78.9 Å². The van der Waals surface area contributed by atoms with Crippen molar-refractivity contribution in [2.75, 3.05) is 7.11 Å². The monoisotopic (exact) mass is 453 g/mol. The molecule has 1 aliphatic heterocycles. The van der Waals surface area contributed by atoms with E-state index in [1.54, 1.807) is 7.11 Å². The van der Waals surface area contributed by atoms with Crippen molar-refractivity contribution < 1.29 is 9.84 Å². The van der Waals surface area contributed by atoms with Crippen molar-refractivity contribution in [3.63, 3.8) is 0 Å². The predicted molar refractivity (Wildman–Crippen MR) is 132 cm³/mol. The normalized spacial score (nSPS) is 14.8. The molecule has 6 rings (SSSR count). The summed E-state index contributed by atoms with van der Waals surface area (Å²) < 4.78 is 10.3. The summed E-state index contributed by atoms with van der Waals surface area (Å²) in [5, 5.41) is 12.5. The Morgan fingerprint density at radius 2 is 1.73 bits per heavy atom. The number of methoxy groups -OCH3 is 1. The van der Waals surface area contributed by atoms with Gasteiger partial charge in [-0.05, 0) is 35.5 Å². The van der Waals surface area contributed by atoms with E-state index in [2.05, 4.69) is 33.8 Å². The Morgan fingerprint density at radius 1 is 1.00 bits per heavy atom. The van der Waals surface area contributed by atoms with Gasteiger partial charge < -0.3 is 19.4 Å². The van der Waals surface area contributed by atoms with Crippen LogP contribution in [0.5, 0.6) is 11.6 Å². The number of rotatable bonds is 4. The van der Waals surface area contributed by atoms with Gasteiger partial charge >= 0.3 is 0 Å². The fourth-order valence-electron chi connectivity index (χ4n) is 5.07. The first-order chi connectivity index (χ1) is 16.2. The van der Waals surface area contributed by atoms with Gasteiger partial charge in [0.05, 0.1) is 19.3 Å². The summed E-state index contributed by atoms with van der Waals surface area (Å²) >= 11 is 5.98. The maximum absolute atomic E-state index is 11.4. The summed E-state index contributed by atoms with van der Waals surface area (Å²) in [7, 11) is 1.69. The Hall–Kier alpha value is -3.77. The van der Waals surface area contributed by atoms with E-state index in [0.717, 1.165) is 33.8 Å². The quantitative estimate of drug-likeness (QED) is 0.332.